The molecule has 18 heteroatoms. The minimum absolute atomic E-state index is 0.0370. The van der Waals surface area contributed by atoms with Gasteiger partial charge in [-0.25, -0.2) is 16.8 Å². The quantitative estimate of drug-likeness (QED) is 0.354. The molecule has 0 aliphatic heterocycles. The van der Waals surface area contributed by atoms with Crippen molar-refractivity contribution in [1.29, 1.82) is 0 Å². The molecule has 0 saturated carbocycles. The lowest BCUT2D eigenvalue weighted by Gasteiger charge is -2.36. The Labute approximate surface area is 140 Å². The molecule has 0 atom stereocenters. The summed E-state index contributed by atoms with van der Waals surface area (Å²) in [6.45, 7) is 0.249. The van der Waals surface area contributed by atoms with E-state index in [4.69, 9.17) is 0 Å². The first-order valence-electron chi connectivity index (χ1n) is 5.47. The Kier molecular flexibility index (Phi) is 8.05. The van der Waals surface area contributed by atoms with Gasteiger partial charge in [0.2, 0.25) is 0 Å². The third-order valence-electron chi connectivity index (χ3n) is 2.05. The largest absolute Gasteiger partial charge is 0.748 e. The van der Waals surface area contributed by atoms with Crippen LogP contribution in [0.3, 0.4) is 0 Å². The summed E-state index contributed by atoms with van der Waals surface area (Å²) in [6.07, 6.45) is -12.6. The second kappa shape index (κ2) is 7.77. The lowest BCUT2D eigenvalue weighted by atomic mass is 10.1. The van der Waals surface area contributed by atoms with E-state index in [1.54, 1.807) is 0 Å². The van der Waals surface area contributed by atoms with Crippen molar-refractivity contribution < 1.29 is 70.6 Å². The highest BCUT2D eigenvalue weighted by atomic mass is 32.2. The van der Waals surface area contributed by atoms with Crippen LogP contribution in [-0.2, 0) is 29.8 Å². The highest BCUT2D eigenvalue weighted by Gasteiger charge is 2.74. The zero-order valence-corrected chi connectivity index (χ0v) is 13.9. The molecule has 0 radical (unpaired) electrons. The number of alkyl halides is 8. The van der Waals surface area contributed by atoms with E-state index in [-0.39, 0.29) is 13.8 Å². The van der Waals surface area contributed by atoms with Gasteiger partial charge in [0.05, 0.1) is 15.9 Å². The van der Waals surface area contributed by atoms with Crippen LogP contribution >= 0.6 is 0 Å². The summed E-state index contributed by atoms with van der Waals surface area (Å²) in [5.41, 5.74) is -5.37. The summed E-state index contributed by atoms with van der Waals surface area (Å²) in [7, 11) is -11.4. The first-order valence-corrected chi connectivity index (χ1v) is 8.46. The highest BCUT2D eigenvalue weighted by Crippen LogP contribution is 2.46. The molecule has 0 aromatic heterocycles. The summed E-state index contributed by atoms with van der Waals surface area (Å²) in [5.74, 6) is -5.01. The van der Waals surface area contributed by atoms with Gasteiger partial charge in [0.15, 0.2) is 10.1 Å². The molecule has 0 unspecified atom stereocenters. The number of hydrogen-bond donors (Lipinski definition) is 0. The van der Waals surface area contributed by atoms with Crippen molar-refractivity contribution in [2.24, 2.45) is 0 Å². The van der Waals surface area contributed by atoms with E-state index in [1.807, 2.05) is 0 Å². The van der Waals surface area contributed by atoms with Crippen molar-refractivity contribution in [3.05, 3.63) is 0 Å². The maximum atomic E-state index is 12.4. The van der Waals surface area contributed by atoms with Crippen LogP contribution in [0.4, 0.5) is 35.1 Å². The van der Waals surface area contributed by atoms with Crippen LogP contribution in [0.2, 0.25) is 0 Å². The fourth-order valence-corrected chi connectivity index (χ4v) is 1.85. The van der Waals surface area contributed by atoms with Gasteiger partial charge in [-0.3, -0.25) is 4.79 Å². The molecule has 0 heterocycles. The standard InChI is InChI=1S/C6H6F6O5S.C2H4F2O3S/c1-3(13)17-4(5(7,8)9,6(10,11)12)2-18(14,15)16;1-2(3,4)8(5,6)7/h2H2,1H3,(H,14,15,16);1H3,(H,5,6,7)/p-2. The molecule has 26 heavy (non-hydrogen) atoms. The second-order valence-electron chi connectivity index (χ2n) is 4.38. The van der Waals surface area contributed by atoms with Crippen LogP contribution in [0.5, 0.6) is 0 Å². The van der Waals surface area contributed by atoms with Crippen molar-refractivity contribution in [2.75, 3.05) is 5.75 Å². The molecule has 0 bridgehead atoms. The molecule has 0 aliphatic carbocycles. The molecule has 158 valence electrons. The average molecular weight is 448 g/mol. The third kappa shape index (κ3) is 7.96. The van der Waals surface area contributed by atoms with Crippen LogP contribution in [0.15, 0.2) is 0 Å². The van der Waals surface area contributed by atoms with Crippen LogP contribution in [0.25, 0.3) is 0 Å². The molecule has 0 rings (SSSR count). The number of carbonyl (C=O) groups excluding carboxylic acids is 1. The van der Waals surface area contributed by atoms with Crippen molar-refractivity contribution in [1.82, 2.24) is 0 Å². The van der Waals surface area contributed by atoms with Crippen molar-refractivity contribution in [2.45, 2.75) is 37.1 Å². The van der Waals surface area contributed by atoms with E-state index in [0.717, 1.165) is 0 Å². The molecular weight excluding hydrogens is 440 g/mol. The highest BCUT2D eigenvalue weighted by molar-refractivity contribution is 7.86. The second-order valence-corrected chi connectivity index (χ2v) is 7.41. The Balaban J connectivity index is 0. The van der Waals surface area contributed by atoms with Crippen LogP contribution < -0.4 is 0 Å². The molecule has 0 aromatic rings. The molecule has 0 fully saturated rings. The first kappa shape index (κ1) is 27.0. The molecule has 0 aliphatic rings. The normalized spacial score (nSPS) is 14.3. The number of halogens is 8. The van der Waals surface area contributed by atoms with Gasteiger partial charge in [-0.05, 0) is 0 Å². The van der Waals surface area contributed by atoms with Crippen LogP contribution in [-0.4, -0.2) is 60.9 Å². The van der Waals surface area contributed by atoms with E-state index < -0.39 is 55.2 Å². The number of hydrogen-bond acceptors (Lipinski definition) is 8. The SMILES string of the molecule is CC(=O)OC(CS(=O)(=O)[O-])(C(F)(F)F)C(F)(F)F.CC(F)(F)S(=O)(=O)[O-]. The Morgan fingerprint density at radius 2 is 1.15 bits per heavy atom. The summed E-state index contributed by atoms with van der Waals surface area (Å²) in [4.78, 5) is 10.3. The van der Waals surface area contributed by atoms with Crippen molar-refractivity contribution in [3.63, 3.8) is 0 Å². The monoisotopic (exact) mass is 448 g/mol. The summed E-state index contributed by atoms with van der Waals surface area (Å²) in [5, 5.41) is -4.15. The van der Waals surface area contributed by atoms with E-state index in [9.17, 15) is 65.9 Å². The zero-order chi connectivity index (χ0) is 22.0. The summed E-state index contributed by atoms with van der Waals surface area (Å²) in [6, 6.07) is 0. The number of esters is 1. The average Bonchev–Trinajstić information content (AvgIpc) is 2.19. The van der Waals surface area contributed by atoms with Gasteiger partial charge in [0, 0.05) is 13.8 Å². The maximum Gasteiger partial charge on any atom is 0.438 e. The van der Waals surface area contributed by atoms with Gasteiger partial charge in [-0.2, -0.15) is 35.1 Å². The smallest absolute Gasteiger partial charge is 0.438 e. The molecule has 0 saturated heterocycles. The van der Waals surface area contributed by atoms with Crippen LogP contribution in [0, 0.1) is 0 Å². The Hall–Kier alpha value is -1.27. The Morgan fingerprint density at radius 1 is 0.885 bits per heavy atom. The molecule has 0 amide bonds. The van der Waals surface area contributed by atoms with Crippen LogP contribution in [0.1, 0.15) is 13.8 Å². The lowest BCUT2D eigenvalue weighted by Crippen LogP contribution is -2.63. The van der Waals surface area contributed by atoms with Gasteiger partial charge in [-0.1, -0.05) is 0 Å². The van der Waals surface area contributed by atoms with Gasteiger partial charge >= 0.3 is 29.2 Å². The first-order chi connectivity index (χ1) is 10.9. The van der Waals surface area contributed by atoms with E-state index in [0.29, 0.717) is 0 Å². The minimum Gasteiger partial charge on any atom is -0.748 e. The summed E-state index contributed by atoms with van der Waals surface area (Å²) < 4.78 is 158. The molecule has 8 nitrogen and oxygen atoms in total. The molecule has 0 spiro atoms. The van der Waals surface area contributed by atoms with E-state index >= 15 is 0 Å². The Morgan fingerprint density at radius 3 is 1.27 bits per heavy atom. The van der Waals surface area contributed by atoms with Gasteiger partial charge in [-0.15, -0.1) is 0 Å². The van der Waals surface area contributed by atoms with Gasteiger partial charge in [0.1, 0.15) is 0 Å². The fourth-order valence-electron chi connectivity index (χ4n) is 0.964. The predicted molar refractivity (Wildman–Crippen MR) is 61.5 cm³/mol. The third-order valence-corrected chi connectivity index (χ3v) is 3.69. The van der Waals surface area contributed by atoms with Gasteiger partial charge in [0.25, 0.3) is 0 Å². The molecule has 0 N–H and O–H groups in total. The minimum atomic E-state index is -6.31. The molecule has 0 aromatic carbocycles. The van der Waals surface area contributed by atoms with Gasteiger partial charge < -0.3 is 13.8 Å². The van der Waals surface area contributed by atoms with Crippen molar-refractivity contribution in [3.8, 4) is 0 Å². The van der Waals surface area contributed by atoms with Crippen molar-refractivity contribution >= 4 is 26.2 Å². The number of ether oxygens (including phenoxy) is 1. The number of carbonyl (C=O) groups is 1. The lowest BCUT2D eigenvalue weighted by molar-refractivity contribution is -0.361. The Bertz CT molecular complexity index is 686. The maximum absolute atomic E-state index is 12.4. The fraction of sp³-hybridized carbons (Fsp3) is 0.875. The predicted octanol–water partition coefficient (Wildman–Crippen LogP) is 1.10. The topological polar surface area (TPSA) is 141 Å². The van der Waals surface area contributed by atoms with E-state index in [1.165, 1.54) is 0 Å². The van der Waals surface area contributed by atoms with E-state index in [2.05, 4.69) is 4.74 Å². The zero-order valence-electron chi connectivity index (χ0n) is 12.3. The number of rotatable bonds is 4. The summed E-state index contributed by atoms with van der Waals surface area (Å²) >= 11 is 0. The molecular formula is C8H8F8O8S2-2.